The third-order valence-electron chi connectivity index (χ3n) is 2.84. The highest BCUT2D eigenvalue weighted by molar-refractivity contribution is 5.96. The minimum Gasteiger partial charge on any atom is -0.457 e. The first-order valence-corrected chi connectivity index (χ1v) is 6.35. The van der Waals surface area contributed by atoms with Gasteiger partial charge in [-0.2, -0.15) is 5.10 Å². The Morgan fingerprint density at radius 1 is 1.25 bits per heavy atom. The van der Waals surface area contributed by atoms with Crippen molar-refractivity contribution < 1.29 is 14.3 Å². The van der Waals surface area contributed by atoms with Crippen LogP contribution in [0.3, 0.4) is 0 Å². The van der Waals surface area contributed by atoms with Crippen molar-refractivity contribution in [2.45, 2.75) is 26.5 Å². The van der Waals surface area contributed by atoms with E-state index in [1.165, 1.54) is 6.92 Å². The van der Waals surface area contributed by atoms with Crippen LogP contribution in [0.25, 0.3) is 0 Å². The monoisotopic (exact) mass is 272 g/mol. The van der Waals surface area contributed by atoms with Crippen molar-refractivity contribution in [2.24, 2.45) is 0 Å². The Bertz CT molecular complexity index is 588. The van der Waals surface area contributed by atoms with E-state index in [0.717, 1.165) is 0 Å². The Labute approximate surface area is 117 Å². The standard InChI is InChI=1S/C15H16N2O3/c1-11(10-17-9-3-8-16-17)20-15(19)14-6-4-13(5-7-14)12(2)18/h3-9,11H,10H2,1-2H3/t11-/m1/s1. The molecule has 104 valence electrons. The predicted molar refractivity (Wildman–Crippen MR) is 73.6 cm³/mol. The lowest BCUT2D eigenvalue weighted by Crippen LogP contribution is -2.21. The lowest BCUT2D eigenvalue weighted by Gasteiger charge is -2.13. The molecule has 1 aromatic carbocycles. The molecule has 0 N–H and O–H groups in total. The maximum atomic E-state index is 11.9. The number of benzene rings is 1. The number of carbonyl (C=O) groups excluding carboxylic acids is 2. The van der Waals surface area contributed by atoms with Crippen molar-refractivity contribution in [2.75, 3.05) is 0 Å². The van der Waals surface area contributed by atoms with E-state index >= 15 is 0 Å². The van der Waals surface area contributed by atoms with Crippen molar-refractivity contribution >= 4 is 11.8 Å². The molecule has 1 atom stereocenters. The van der Waals surface area contributed by atoms with E-state index < -0.39 is 5.97 Å². The van der Waals surface area contributed by atoms with Crippen LogP contribution in [-0.4, -0.2) is 27.6 Å². The van der Waals surface area contributed by atoms with Gasteiger partial charge >= 0.3 is 5.97 Å². The SMILES string of the molecule is CC(=O)c1ccc(C(=O)O[C@H](C)Cn2cccn2)cc1. The van der Waals surface area contributed by atoms with Gasteiger partial charge in [0.1, 0.15) is 6.10 Å². The highest BCUT2D eigenvalue weighted by atomic mass is 16.5. The lowest BCUT2D eigenvalue weighted by molar-refractivity contribution is 0.0298. The first-order valence-electron chi connectivity index (χ1n) is 6.35. The average Bonchev–Trinajstić information content (AvgIpc) is 2.91. The smallest absolute Gasteiger partial charge is 0.338 e. The summed E-state index contributed by atoms with van der Waals surface area (Å²) in [4.78, 5) is 23.1. The van der Waals surface area contributed by atoms with Crippen LogP contribution in [0.4, 0.5) is 0 Å². The van der Waals surface area contributed by atoms with E-state index in [1.807, 2.05) is 19.2 Å². The zero-order valence-corrected chi connectivity index (χ0v) is 11.4. The van der Waals surface area contributed by atoms with Gasteiger partial charge in [0.15, 0.2) is 5.78 Å². The number of aromatic nitrogens is 2. The number of ether oxygens (including phenoxy) is 1. The highest BCUT2D eigenvalue weighted by Crippen LogP contribution is 2.08. The molecule has 5 nitrogen and oxygen atoms in total. The second-order valence-corrected chi connectivity index (χ2v) is 4.58. The van der Waals surface area contributed by atoms with Crippen molar-refractivity contribution in [3.8, 4) is 0 Å². The molecule has 0 unspecified atom stereocenters. The van der Waals surface area contributed by atoms with Crippen LogP contribution < -0.4 is 0 Å². The van der Waals surface area contributed by atoms with Crippen LogP contribution in [0.2, 0.25) is 0 Å². The second kappa shape index (κ2) is 6.14. The van der Waals surface area contributed by atoms with Crippen LogP contribution in [0, 0.1) is 0 Å². The molecule has 2 rings (SSSR count). The molecule has 0 aliphatic rings. The molecule has 1 aromatic heterocycles. The van der Waals surface area contributed by atoms with E-state index in [9.17, 15) is 9.59 Å². The zero-order valence-electron chi connectivity index (χ0n) is 11.4. The summed E-state index contributed by atoms with van der Waals surface area (Å²) in [5.41, 5.74) is 1.01. The molecule has 0 saturated carbocycles. The third-order valence-corrected chi connectivity index (χ3v) is 2.84. The summed E-state index contributed by atoms with van der Waals surface area (Å²) < 4.78 is 7.03. The Morgan fingerprint density at radius 3 is 2.45 bits per heavy atom. The number of Topliss-reactive ketones (excluding diaryl/α,β-unsaturated/α-hetero) is 1. The topological polar surface area (TPSA) is 61.2 Å². The molecule has 0 amide bonds. The fraction of sp³-hybridized carbons (Fsp3) is 0.267. The van der Waals surface area contributed by atoms with Crippen LogP contribution in [0.1, 0.15) is 34.6 Å². The fourth-order valence-corrected chi connectivity index (χ4v) is 1.80. The van der Waals surface area contributed by atoms with Crippen molar-refractivity contribution in [3.63, 3.8) is 0 Å². The van der Waals surface area contributed by atoms with Gasteiger partial charge in [-0.15, -0.1) is 0 Å². The maximum Gasteiger partial charge on any atom is 0.338 e. The molecule has 0 fully saturated rings. The first-order chi connectivity index (χ1) is 9.56. The van der Waals surface area contributed by atoms with Crippen LogP contribution in [-0.2, 0) is 11.3 Å². The van der Waals surface area contributed by atoms with Crippen LogP contribution >= 0.6 is 0 Å². The summed E-state index contributed by atoms with van der Waals surface area (Å²) >= 11 is 0. The van der Waals surface area contributed by atoms with Crippen LogP contribution in [0.5, 0.6) is 0 Å². The van der Waals surface area contributed by atoms with Gasteiger partial charge < -0.3 is 4.74 Å². The van der Waals surface area contributed by atoms with E-state index in [4.69, 9.17) is 4.74 Å². The molecular formula is C15H16N2O3. The van der Waals surface area contributed by atoms with E-state index in [1.54, 1.807) is 35.1 Å². The maximum absolute atomic E-state index is 11.9. The van der Waals surface area contributed by atoms with Crippen molar-refractivity contribution in [1.82, 2.24) is 9.78 Å². The number of hydrogen-bond donors (Lipinski definition) is 0. The lowest BCUT2D eigenvalue weighted by atomic mass is 10.1. The Balaban J connectivity index is 1.95. The van der Waals surface area contributed by atoms with Crippen molar-refractivity contribution in [3.05, 3.63) is 53.9 Å². The predicted octanol–water partition coefficient (Wildman–Crippen LogP) is 2.33. The quantitative estimate of drug-likeness (QED) is 0.619. The molecular weight excluding hydrogens is 256 g/mol. The van der Waals surface area contributed by atoms with Gasteiger partial charge in [-0.1, -0.05) is 12.1 Å². The number of ketones is 1. The average molecular weight is 272 g/mol. The fourth-order valence-electron chi connectivity index (χ4n) is 1.80. The second-order valence-electron chi connectivity index (χ2n) is 4.58. The molecule has 0 radical (unpaired) electrons. The zero-order chi connectivity index (χ0) is 14.5. The van der Waals surface area contributed by atoms with Gasteiger partial charge in [0.05, 0.1) is 12.1 Å². The molecule has 0 aliphatic heterocycles. The minimum absolute atomic E-state index is 0.0306. The number of rotatable bonds is 5. The van der Waals surface area contributed by atoms with Gasteiger partial charge in [0.25, 0.3) is 0 Å². The number of carbonyl (C=O) groups is 2. The molecule has 1 heterocycles. The van der Waals surface area contributed by atoms with Crippen molar-refractivity contribution in [1.29, 1.82) is 0 Å². The van der Waals surface area contributed by atoms with Gasteiger partial charge in [0.2, 0.25) is 0 Å². The summed E-state index contributed by atoms with van der Waals surface area (Å²) in [6, 6.07) is 8.25. The molecule has 5 heteroatoms. The Hall–Kier alpha value is -2.43. The summed E-state index contributed by atoms with van der Waals surface area (Å²) in [5, 5.41) is 4.06. The van der Waals surface area contributed by atoms with E-state index in [0.29, 0.717) is 17.7 Å². The van der Waals surface area contributed by atoms with Crippen LogP contribution in [0.15, 0.2) is 42.7 Å². The molecule has 0 saturated heterocycles. The molecule has 2 aromatic rings. The summed E-state index contributed by atoms with van der Waals surface area (Å²) in [6.45, 7) is 3.80. The molecule has 0 aliphatic carbocycles. The number of nitrogens with zero attached hydrogens (tertiary/aromatic N) is 2. The largest absolute Gasteiger partial charge is 0.457 e. The molecule has 0 spiro atoms. The Kier molecular flexibility index (Phi) is 4.30. The summed E-state index contributed by atoms with van der Waals surface area (Å²) in [7, 11) is 0. The Morgan fingerprint density at radius 2 is 1.90 bits per heavy atom. The number of hydrogen-bond acceptors (Lipinski definition) is 4. The normalized spacial score (nSPS) is 11.9. The highest BCUT2D eigenvalue weighted by Gasteiger charge is 2.13. The van der Waals surface area contributed by atoms with Gasteiger partial charge in [-0.05, 0) is 32.0 Å². The summed E-state index contributed by atoms with van der Waals surface area (Å²) in [5.74, 6) is -0.434. The molecule has 0 bridgehead atoms. The third kappa shape index (κ3) is 3.54. The first kappa shape index (κ1) is 14.0. The molecule has 20 heavy (non-hydrogen) atoms. The minimum atomic E-state index is -0.403. The van der Waals surface area contributed by atoms with Gasteiger partial charge in [-0.3, -0.25) is 9.48 Å². The van der Waals surface area contributed by atoms with E-state index in [-0.39, 0.29) is 11.9 Å². The summed E-state index contributed by atoms with van der Waals surface area (Å²) in [6.07, 6.45) is 3.20. The number of esters is 1. The van der Waals surface area contributed by atoms with Gasteiger partial charge in [0, 0.05) is 18.0 Å². The van der Waals surface area contributed by atoms with E-state index in [2.05, 4.69) is 5.10 Å². The van der Waals surface area contributed by atoms with Gasteiger partial charge in [-0.25, -0.2) is 4.79 Å².